The molecule has 1 N–H and O–H groups in total. The van der Waals surface area contributed by atoms with Gasteiger partial charge in [-0.2, -0.15) is 5.26 Å². The van der Waals surface area contributed by atoms with Crippen LogP contribution in [0.5, 0.6) is 0 Å². The van der Waals surface area contributed by atoms with Gasteiger partial charge in [0, 0.05) is 18.1 Å². The summed E-state index contributed by atoms with van der Waals surface area (Å²) in [5.41, 5.74) is 2.01. The van der Waals surface area contributed by atoms with Crippen LogP contribution in [0.25, 0.3) is 0 Å². The lowest BCUT2D eigenvalue weighted by molar-refractivity contribution is 0.184. The van der Waals surface area contributed by atoms with Crippen LogP contribution in [0.15, 0.2) is 24.3 Å². The van der Waals surface area contributed by atoms with Crippen molar-refractivity contribution in [1.29, 1.82) is 5.26 Å². The molecule has 3 nitrogen and oxygen atoms in total. The lowest BCUT2D eigenvalue weighted by atomic mass is 10.0. The average Bonchev–Trinajstić information content (AvgIpc) is 3.33. The quantitative estimate of drug-likeness (QED) is 0.913. The Balaban J connectivity index is 1.50. The summed E-state index contributed by atoms with van der Waals surface area (Å²) in [6, 6.07) is 12.0. The van der Waals surface area contributed by atoms with Crippen molar-refractivity contribution in [3.05, 3.63) is 35.4 Å². The highest BCUT2D eigenvalue weighted by molar-refractivity contribution is 5.32. The lowest BCUT2D eigenvalue weighted by Gasteiger charge is -2.34. The van der Waals surface area contributed by atoms with Crippen LogP contribution in [-0.2, 0) is 0 Å². The molecule has 1 aromatic carbocycles. The Hall–Kier alpha value is -1.37. The third kappa shape index (κ3) is 3.20. The highest BCUT2D eigenvalue weighted by Gasteiger charge is 2.31. The van der Waals surface area contributed by atoms with Gasteiger partial charge < -0.3 is 10.2 Å². The van der Waals surface area contributed by atoms with E-state index in [1.165, 1.54) is 44.3 Å². The van der Waals surface area contributed by atoms with Gasteiger partial charge in [0.05, 0.1) is 11.6 Å². The van der Waals surface area contributed by atoms with Crippen molar-refractivity contribution in [1.82, 2.24) is 10.2 Å². The van der Waals surface area contributed by atoms with Crippen molar-refractivity contribution in [2.24, 2.45) is 0 Å². The molecule has 2 fully saturated rings. The summed E-state index contributed by atoms with van der Waals surface area (Å²) in [5, 5.41) is 12.6. The molecule has 1 heterocycles. The van der Waals surface area contributed by atoms with Crippen LogP contribution in [0.1, 0.15) is 49.8 Å². The van der Waals surface area contributed by atoms with E-state index in [2.05, 4.69) is 35.3 Å². The topological polar surface area (TPSA) is 39.1 Å². The fourth-order valence-electron chi connectivity index (χ4n) is 3.17. The second-order valence-electron chi connectivity index (χ2n) is 6.16. The number of hydrogen-bond donors (Lipinski definition) is 1. The fraction of sp³-hybridized carbons (Fsp3) is 0.588. The van der Waals surface area contributed by atoms with E-state index in [9.17, 15) is 0 Å². The van der Waals surface area contributed by atoms with Gasteiger partial charge in [-0.25, -0.2) is 0 Å². The number of rotatable bonds is 4. The van der Waals surface area contributed by atoms with E-state index in [4.69, 9.17) is 5.26 Å². The van der Waals surface area contributed by atoms with E-state index >= 15 is 0 Å². The molecule has 3 rings (SSSR count). The molecular weight excluding hydrogens is 246 g/mol. The molecule has 1 aliphatic heterocycles. The molecule has 106 valence electrons. The first-order chi connectivity index (χ1) is 9.76. The Morgan fingerprint density at radius 2 is 1.80 bits per heavy atom. The fourth-order valence-corrected chi connectivity index (χ4v) is 3.17. The van der Waals surface area contributed by atoms with Crippen LogP contribution < -0.4 is 5.32 Å². The highest BCUT2D eigenvalue weighted by Crippen LogP contribution is 2.29. The Labute approximate surface area is 121 Å². The minimum Gasteiger partial charge on any atom is -0.307 e. The largest absolute Gasteiger partial charge is 0.307 e. The van der Waals surface area contributed by atoms with E-state index in [1.807, 2.05) is 12.1 Å². The van der Waals surface area contributed by atoms with Gasteiger partial charge in [0.2, 0.25) is 0 Å². The smallest absolute Gasteiger partial charge is 0.0991 e. The summed E-state index contributed by atoms with van der Waals surface area (Å²) < 4.78 is 0. The highest BCUT2D eigenvalue weighted by atomic mass is 15.2. The zero-order valence-corrected chi connectivity index (χ0v) is 12.2. The molecular formula is C17H23N3. The van der Waals surface area contributed by atoms with Crippen LogP contribution >= 0.6 is 0 Å². The maximum Gasteiger partial charge on any atom is 0.0991 e. The van der Waals surface area contributed by atoms with Gasteiger partial charge in [0.15, 0.2) is 0 Å². The van der Waals surface area contributed by atoms with Crippen LogP contribution in [0, 0.1) is 11.3 Å². The van der Waals surface area contributed by atoms with Gasteiger partial charge >= 0.3 is 0 Å². The molecule has 1 aliphatic carbocycles. The molecule has 0 spiro atoms. The summed E-state index contributed by atoms with van der Waals surface area (Å²) in [6.45, 7) is 4.72. The van der Waals surface area contributed by atoms with Crippen molar-refractivity contribution in [3.8, 4) is 6.07 Å². The van der Waals surface area contributed by atoms with Crippen LogP contribution in [-0.4, -0.2) is 30.1 Å². The second-order valence-corrected chi connectivity index (χ2v) is 6.16. The first-order valence-corrected chi connectivity index (χ1v) is 7.76. The summed E-state index contributed by atoms with van der Waals surface area (Å²) in [5.74, 6) is 0. The molecule has 2 aliphatic rings. The third-order valence-corrected chi connectivity index (χ3v) is 4.62. The molecule has 1 atom stereocenters. The van der Waals surface area contributed by atoms with Gasteiger partial charge in [-0.15, -0.1) is 0 Å². The van der Waals surface area contributed by atoms with Crippen molar-refractivity contribution in [2.45, 2.75) is 50.7 Å². The Kier molecular flexibility index (Phi) is 4.05. The molecule has 1 saturated carbocycles. The van der Waals surface area contributed by atoms with Crippen molar-refractivity contribution in [2.75, 3.05) is 13.1 Å². The molecule has 0 radical (unpaired) electrons. The van der Waals surface area contributed by atoms with E-state index < -0.39 is 0 Å². The molecule has 0 aromatic heterocycles. The molecule has 1 unspecified atom stereocenters. The van der Waals surface area contributed by atoms with E-state index in [1.54, 1.807) is 0 Å². The molecule has 1 aromatic rings. The van der Waals surface area contributed by atoms with Crippen molar-refractivity contribution < 1.29 is 0 Å². The minimum atomic E-state index is 0.361. The monoisotopic (exact) mass is 269 g/mol. The maximum absolute atomic E-state index is 8.83. The average molecular weight is 269 g/mol. The van der Waals surface area contributed by atoms with Gasteiger partial charge in [-0.1, -0.05) is 12.1 Å². The number of hydrogen-bond acceptors (Lipinski definition) is 3. The third-order valence-electron chi connectivity index (χ3n) is 4.62. The van der Waals surface area contributed by atoms with E-state index in [0.717, 1.165) is 11.6 Å². The first-order valence-electron chi connectivity index (χ1n) is 7.76. The maximum atomic E-state index is 8.83. The van der Waals surface area contributed by atoms with Gasteiger partial charge in [0.1, 0.15) is 0 Å². The van der Waals surface area contributed by atoms with E-state index in [0.29, 0.717) is 12.1 Å². The standard InChI is InChI=1S/C17H23N3/c1-13(15-4-2-14(12-18)3-5-15)19-16-8-10-20(11-9-16)17-6-7-17/h2-5,13,16-17,19H,6-11H2,1H3. The summed E-state index contributed by atoms with van der Waals surface area (Å²) in [7, 11) is 0. The minimum absolute atomic E-state index is 0.361. The number of likely N-dealkylation sites (tertiary alicyclic amines) is 1. The molecule has 0 amide bonds. The predicted octanol–water partition coefficient (Wildman–Crippen LogP) is 2.84. The number of nitriles is 1. The van der Waals surface area contributed by atoms with Gasteiger partial charge in [0.25, 0.3) is 0 Å². The first kappa shape index (κ1) is 13.6. The zero-order valence-electron chi connectivity index (χ0n) is 12.2. The molecule has 1 saturated heterocycles. The normalized spacial score (nSPS) is 22.4. The lowest BCUT2D eigenvalue weighted by Crippen LogP contribution is -2.44. The van der Waals surface area contributed by atoms with Gasteiger partial charge in [-0.3, -0.25) is 0 Å². The molecule has 20 heavy (non-hydrogen) atoms. The van der Waals surface area contributed by atoms with Crippen LogP contribution in [0.2, 0.25) is 0 Å². The van der Waals surface area contributed by atoms with Crippen molar-refractivity contribution in [3.63, 3.8) is 0 Å². The Morgan fingerprint density at radius 3 is 2.35 bits per heavy atom. The number of nitrogens with one attached hydrogen (secondary N) is 1. The number of nitrogens with zero attached hydrogens (tertiary/aromatic N) is 2. The number of piperidine rings is 1. The van der Waals surface area contributed by atoms with Crippen molar-refractivity contribution >= 4 is 0 Å². The summed E-state index contributed by atoms with van der Waals surface area (Å²) >= 11 is 0. The SMILES string of the molecule is CC(NC1CCN(C2CC2)CC1)c1ccc(C#N)cc1. The Bertz CT molecular complexity index is 476. The van der Waals surface area contributed by atoms with Gasteiger partial charge in [-0.05, 0) is 63.4 Å². The molecule has 3 heteroatoms. The van der Waals surface area contributed by atoms with Crippen LogP contribution in [0.3, 0.4) is 0 Å². The zero-order chi connectivity index (χ0) is 13.9. The Morgan fingerprint density at radius 1 is 1.15 bits per heavy atom. The number of benzene rings is 1. The second kappa shape index (κ2) is 5.95. The van der Waals surface area contributed by atoms with Crippen LogP contribution in [0.4, 0.5) is 0 Å². The summed E-state index contributed by atoms with van der Waals surface area (Å²) in [6.07, 6.45) is 5.35. The predicted molar refractivity (Wildman–Crippen MR) is 80.3 cm³/mol. The summed E-state index contributed by atoms with van der Waals surface area (Å²) in [4.78, 5) is 2.66. The molecule has 0 bridgehead atoms. The van der Waals surface area contributed by atoms with E-state index in [-0.39, 0.29) is 0 Å².